The summed E-state index contributed by atoms with van der Waals surface area (Å²) in [4.78, 5) is 18.6. The summed E-state index contributed by atoms with van der Waals surface area (Å²) in [7, 11) is 0. The number of carbonyl (C=O) groups is 1. The Labute approximate surface area is 149 Å². The Morgan fingerprint density at radius 3 is 3.12 bits per heavy atom. The smallest absolute Gasteiger partial charge is 0.228 e. The topological polar surface area (TPSA) is 78.7 Å². The zero-order valence-electron chi connectivity index (χ0n) is 13.4. The van der Waals surface area contributed by atoms with E-state index in [4.69, 9.17) is 21.4 Å². The number of aromatic nitrogens is 1. The van der Waals surface area contributed by atoms with Crippen LogP contribution in [0, 0.1) is 10.9 Å². The summed E-state index contributed by atoms with van der Waals surface area (Å²) in [6.07, 6.45) is 1.48. The number of hydrogen-bond acceptors (Lipinski definition) is 6. The molecule has 6 nitrogen and oxygen atoms in total. The van der Waals surface area contributed by atoms with Crippen LogP contribution in [0.15, 0.2) is 22.8 Å². The number of morpholine rings is 1. The number of H-pyrrole nitrogens is 1. The van der Waals surface area contributed by atoms with E-state index in [9.17, 15) is 9.90 Å². The van der Waals surface area contributed by atoms with Gasteiger partial charge in [0.2, 0.25) is 5.91 Å². The molecule has 2 N–H and O–H groups in total. The van der Waals surface area contributed by atoms with E-state index in [1.165, 1.54) is 17.6 Å². The monoisotopic (exact) mass is 368 g/mol. The maximum atomic E-state index is 12.7. The Kier molecular flexibility index (Phi) is 5.50. The second-order valence-corrected chi connectivity index (χ2v) is 7.59. The van der Waals surface area contributed by atoms with Crippen LogP contribution >= 0.6 is 23.6 Å². The minimum atomic E-state index is -0.752. The van der Waals surface area contributed by atoms with Crippen LogP contribution in [0.2, 0.25) is 0 Å². The summed E-state index contributed by atoms with van der Waals surface area (Å²) in [5, 5.41) is 10.3. The minimum Gasteiger partial charge on any atom is -0.467 e. The van der Waals surface area contributed by atoms with Gasteiger partial charge in [-0.3, -0.25) is 4.79 Å². The van der Waals surface area contributed by atoms with Gasteiger partial charge in [-0.05, 0) is 31.3 Å². The first kappa shape index (κ1) is 17.3. The predicted molar refractivity (Wildman–Crippen MR) is 92.5 cm³/mol. The van der Waals surface area contributed by atoms with E-state index >= 15 is 0 Å². The highest BCUT2D eigenvalue weighted by Crippen LogP contribution is 2.24. The summed E-state index contributed by atoms with van der Waals surface area (Å²) in [6.45, 7) is 3.39. The van der Waals surface area contributed by atoms with E-state index in [1.54, 1.807) is 17.0 Å². The number of rotatable bonds is 5. The third-order valence-electron chi connectivity index (χ3n) is 4.15. The molecule has 1 fully saturated rings. The summed E-state index contributed by atoms with van der Waals surface area (Å²) in [5.74, 6) is 0.538. The van der Waals surface area contributed by atoms with Gasteiger partial charge >= 0.3 is 0 Å². The number of amides is 1. The van der Waals surface area contributed by atoms with Gasteiger partial charge in [0.05, 0.1) is 31.9 Å². The van der Waals surface area contributed by atoms with Crippen LogP contribution in [0.4, 0.5) is 0 Å². The van der Waals surface area contributed by atoms with Crippen molar-refractivity contribution in [2.75, 3.05) is 19.8 Å². The fraction of sp³-hybridized carbons (Fsp3) is 0.500. The largest absolute Gasteiger partial charge is 0.467 e. The zero-order valence-corrected chi connectivity index (χ0v) is 15.0. The molecule has 0 spiro atoms. The van der Waals surface area contributed by atoms with Gasteiger partial charge in [-0.2, -0.15) is 0 Å². The number of thiazole rings is 1. The molecule has 8 heteroatoms. The van der Waals surface area contributed by atoms with Crippen molar-refractivity contribution < 1.29 is 19.1 Å². The number of nitrogens with one attached hydrogen (secondary N) is 1. The number of aliphatic hydroxyl groups excluding tert-OH is 1. The van der Waals surface area contributed by atoms with E-state index in [0.29, 0.717) is 42.3 Å². The molecule has 1 aliphatic heterocycles. The molecule has 1 saturated heterocycles. The lowest BCUT2D eigenvalue weighted by Crippen LogP contribution is -2.49. The van der Waals surface area contributed by atoms with Gasteiger partial charge in [0, 0.05) is 23.5 Å². The highest BCUT2D eigenvalue weighted by atomic mass is 32.1. The molecule has 1 aliphatic rings. The standard InChI is InChI=1S/C16H20N2O4S2/c1-10-14(24-16(23)17-10)8-15(20)18-4-6-21-9-11(18)7-12(19)13-3-2-5-22-13/h2-3,5,11-12,19H,4,6-9H2,1H3,(H,17,23)/t11-,12-/m1/s1. The molecule has 0 unspecified atom stereocenters. The number of aryl methyl sites for hydroxylation is 1. The molecule has 3 rings (SSSR count). The number of aliphatic hydroxyl groups is 1. The van der Waals surface area contributed by atoms with Crippen molar-refractivity contribution in [3.63, 3.8) is 0 Å². The SMILES string of the molecule is Cc1[nH]c(=S)sc1CC(=O)N1CCOC[C@H]1C[C@@H](O)c1ccco1. The Morgan fingerprint density at radius 2 is 2.46 bits per heavy atom. The molecule has 3 heterocycles. The van der Waals surface area contributed by atoms with Gasteiger partial charge in [-0.1, -0.05) is 0 Å². The van der Waals surface area contributed by atoms with Crippen molar-refractivity contribution in [1.82, 2.24) is 9.88 Å². The third-order valence-corrected chi connectivity index (χ3v) is 5.49. The Morgan fingerprint density at radius 1 is 1.62 bits per heavy atom. The van der Waals surface area contributed by atoms with Crippen molar-refractivity contribution in [1.29, 1.82) is 0 Å². The van der Waals surface area contributed by atoms with Gasteiger partial charge in [0.15, 0.2) is 3.95 Å². The van der Waals surface area contributed by atoms with E-state index < -0.39 is 6.10 Å². The Bertz CT molecular complexity index is 738. The second-order valence-electron chi connectivity index (χ2n) is 5.82. The molecule has 0 aromatic carbocycles. The lowest BCUT2D eigenvalue weighted by molar-refractivity contribution is -0.140. The fourth-order valence-electron chi connectivity index (χ4n) is 2.88. The van der Waals surface area contributed by atoms with Crippen LogP contribution in [-0.2, 0) is 16.0 Å². The van der Waals surface area contributed by atoms with E-state index in [1.807, 2.05) is 6.92 Å². The molecule has 0 bridgehead atoms. The van der Waals surface area contributed by atoms with Crippen LogP contribution in [0.5, 0.6) is 0 Å². The molecule has 2 aromatic rings. The third kappa shape index (κ3) is 3.94. The normalized spacial score (nSPS) is 19.4. The summed E-state index contributed by atoms with van der Waals surface area (Å²) >= 11 is 6.57. The van der Waals surface area contributed by atoms with Gasteiger partial charge in [0.25, 0.3) is 0 Å². The quantitative estimate of drug-likeness (QED) is 0.793. The van der Waals surface area contributed by atoms with Crippen molar-refractivity contribution >= 4 is 29.5 Å². The van der Waals surface area contributed by atoms with Crippen LogP contribution in [0.3, 0.4) is 0 Å². The number of hydrogen-bond donors (Lipinski definition) is 2. The molecule has 2 atom stereocenters. The molecule has 0 radical (unpaired) electrons. The number of nitrogens with zero attached hydrogens (tertiary/aromatic N) is 1. The Balaban J connectivity index is 1.68. The first-order valence-corrected chi connectivity index (χ1v) is 9.04. The van der Waals surface area contributed by atoms with Gasteiger partial charge in [-0.25, -0.2) is 0 Å². The fourth-order valence-corrected chi connectivity index (χ4v) is 4.16. The minimum absolute atomic E-state index is 0.0308. The number of furan rings is 1. The van der Waals surface area contributed by atoms with E-state index in [0.717, 1.165) is 10.6 Å². The molecular weight excluding hydrogens is 348 g/mol. The lowest BCUT2D eigenvalue weighted by atomic mass is 10.0. The highest BCUT2D eigenvalue weighted by molar-refractivity contribution is 7.73. The first-order valence-electron chi connectivity index (χ1n) is 7.82. The van der Waals surface area contributed by atoms with Crippen molar-refractivity contribution in [2.45, 2.75) is 31.9 Å². The highest BCUT2D eigenvalue weighted by Gasteiger charge is 2.30. The number of ether oxygens (including phenoxy) is 1. The maximum Gasteiger partial charge on any atom is 0.228 e. The molecule has 0 saturated carbocycles. The molecule has 1 amide bonds. The molecular formula is C16H20N2O4S2. The van der Waals surface area contributed by atoms with Crippen molar-refractivity contribution in [3.05, 3.63) is 38.7 Å². The van der Waals surface area contributed by atoms with Crippen LogP contribution in [0.1, 0.15) is 28.9 Å². The lowest BCUT2D eigenvalue weighted by Gasteiger charge is -2.36. The van der Waals surface area contributed by atoms with E-state index in [2.05, 4.69) is 4.98 Å². The summed E-state index contributed by atoms with van der Waals surface area (Å²) in [6, 6.07) is 3.30. The van der Waals surface area contributed by atoms with Crippen molar-refractivity contribution in [2.24, 2.45) is 0 Å². The molecule has 2 aromatic heterocycles. The maximum absolute atomic E-state index is 12.7. The zero-order chi connectivity index (χ0) is 17.1. The van der Waals surface area contributed by atoms with Crippen LogP contribution < -0.4 is 0 Å². The average molecular weight is 368 g/mol. The average Bonchev–Trinajstić information content (AvgIpc) is 3.18. The molecule has 24 heavy (non-hydrogen) atoms. The van der Waals surface area contributed by atoms with Gasteiger partial charge in [0.1, 0.15) is 11.9 Å². The summed E-state index contributed by atoms with van der Waals surface area (Å²) < 4.78 is 11.4. The van der Waals surface area contributed by atoms with Gasteiger partial charge in [-0.15, -0.1) is 11.3 Å². The van der Waals surface area contributed by atoms with Gasteiger partial charge < -0.3 is 24.1 Å². The summed E-state index contributed by atoms with van der Waals surface area (Å²) in [5.41, 5.74) is 0.943. The Hall–Kier alpha value is -1.48. The molecule has 0 aliphatic carbocycles. The number of carbonyl (C=O) groups excluding carboxylic acids is 1. The predicted octanol–water partition coefficient (Wildman–Crippen LogP) is 2.60. The van der Waals surface area contributed by atoms with Crippen LogP contribution in [-0.4, -0.2) is 46.7 Å². The second kappa shape index (κ2) is 7.60. The number of aromatic amines is 1. The first-order chi connectivity index (χ1) is 11.5. The van der Waals surface area contributed by atoms with E-state index in [-0.39, 0.29) is 11.9 Å². The van der Waals surface area contributed by atoms with Crippen LogP contribution in [0.25, 0.3) is 0 Å². The molecule has 130 valence electrons. The van der Waals surface area contributed by atoms with Crippen molar-refractivity contribution in [3.8, 4) is 0 Å².